The third-order valence-corrected chi connectivity index (χ3v) is 3.44. The lowest BCUT2D eigenvalue weighted by Gasteiger charge is -2.13. The number of esters is 1. The van der Waals surface area contributed by atoms with Crippen LogP contribution in [0.1, 0.15) is 25.0 Å². The second-order valence-electron chi connectivity index (χ2n) is 6.53. The van der Waals surface area contributed by atoms with Gasteiger partial charge in [-0.1, -0.05) is 13.8 Å². The minimum absolute atomic E-state index is 0.0143. The molecule has 2 rings (SSSR count). The average Bonchev–Trinajstić information content (AvgIpc) is 3.12. The SMILES string of the molecule is CC(C)COC(=O)OC(=O)/C=C\n1cnc(-c2cc(C(F)(F)F)cc(C(F)(F)F)c2)n1. The van der Waals surface area contributed by atoms with Crippen LogP contribution in [0.4, 0.5) is 31.1 Å². The monoisotopic (exact) mass is 451 g/mol. The van der Waals surface area contributed by atoms with Crippen LogP contribution in [0.2, 0.25) is 0 Å². The number of hydrogen-bond donors (Lipinski definition) is 0. The van der Waals surface area contributed by atoms with Crippen LogP contribution in [0.5, 0.6) is 0 Å². The highest BCUT2D eigenvalue weighted by atomic mass is 19.4. The Morgan fingerprint density at radius 3 is 2.16 bits per heavy atom. The average molecular weight is 451 g/mol. The molecule has 13 heteroatoms. The zero-order valence-electron chi connectivity index (χ0n) is 16.0. The molecule has 1 aromatic heterocycles. The molecule has 1 heterocycles. The fourth-order valence-corrected chi connectivity index (χ4v) is 2.08. The van der Waals surface area contributed by atoms with Gasteiger partial charge in [0.1, 0.15) is 6.33 Å². The molecule has 0 saturated carbocycles. The number of benzene rings is 1. The van der Waals surface area contributed by atoms with Gasteiger partial charge in [0, 0.05) is 17.8 Å². The van der Waals surface area contributed by atoms with Crippen molar-refractivity contribution in [2.75, 3.05) is 6.61 Å². The van der Waals surface area contributed by atoms with Crippen LogP contribution in [0.15, 0.2) is 30.6 Å². The molecule has 0 radical (unpaired) electrons. The number of nitrogens with zero attached hydrogens (tertiary/aromatic N) is 3. The van der Waals surface area contributed by atoms with Gasteiger partial charge >= 0.3 is 24.5 Å². The minimum atomic E-state index is -5.02. The van der Waals surface area contributed by atoms with E-state index in [9.17, 15) is 35.9 Å². The Labute approximate surface area is 171 Å². The van der Waals surface area contributed by atoms with Crippen LogP contribution >= 0.6 is 0 Å². The van der Waals surface area contributed by atoms with Crippen molar-refractivity contribution in [1.82, 2.24) is 14.8 Å². The van der Waals surface area contributed by atoms with E-state index in [1.165, 1.54) is 0 Å². The van der Waals surface area contributed by atoms with Gasteiger partial charge in [-0.2, -0.15) is 26.3 Å². The maximum absolute atomic E-state index is 13.0. The van der Waals surface area contributed by atoms with Crippen molar-refractivity contribution in [2.24, 2.45) is 5.92 Å². The second-order valence-corrected chi connectivity index (χ2v) is 6.53. The zero-order chi connectivity index (χ0) is 23.4. The number of hydrogen-bond acceptors (Lipinski definition) is 6. The van der Waals surface area contributed by atoms with E-state index < -0.39 is 47.0 Å². The summed E-state index contributed by atoms with van der Waals surface area (Å²) in [5, 5.41) is 3.70. The number of halogens is 6. The van der Waals surface area contributed by atoms with Gasteiger partial charge in [-0.15, -0.1) is 5.10 Å². The third-order valence-electron chi connectivity index (χ3n) is 3.44. The highest BCUT2D eigenvalue weighted by Crippen LogP contribution is 2.38. The fourth-order valence-electron chi connectivity index (χ4n) is 2.08. The molecule has 0 aliphatic heterocycles. The van der Waals surface area contributed by atoms with Gasteiger partial charge in [-0.25, -0.2) is 19.3 Å². The first-order valence-corrected chi connectivity index (χ1v) is 8.53. The first-order valence-electron chi connectivity index (χ1n) is 8.53. The summed E-state index contributed by atoms with van der Waals surface area (Å²) in [6, 6.07) is 0.921. The molecule has 0 saturated heterocycles. The number of carbonyl (C=O) groups is 2. The van der Waals surface area contributed by atoms with Crippen LogP contribution < -0.4 is 0 Å². The van der Waals surface area contributed by atoms with E-state index in [2.05, 4.69) is 19.6 Å². The summed E-state index contributed by atoms with van der Waals surface area (Å²) in [5.41, 5.74) is -3.57. The number of aromatic nitrogens is 3. The highest BCUT2D eigenvalue weighted by Gasteiger charge is 2.37. The number of ether oxygens (including phenoxy) is 2. The molecular weight excluding hydrogens is 436 g/mol. The quantitative estimate of drug-likeness (QED) is 0.281. The number of rotatable bonds is 5. The van der Waals surface area contributed by atoms with Gasteiger partial charge in [-0.3, -0.25) is 0 Å². The summed E-state index contributed by atoms with van der Waals surface area (Å²) in [7, 11) is 0. The van der Waals surface area contributed by atoms with E-state index >= 15 is 0 Å². The molecule has 0 fully saturated rings. The van der Waals surface area contributed by atoms with Crippen molar-refractivity contribution < 1.29 is 45.4 Å². The Morgan fingerprint density at radius 2 is 1.65 bits per heavy atom. The normalized spacial score (nSPS) is 12.4. The predicted octanol–water partition coefficient (Wildman–Crippen LogP) is 4.79. The smallest absolute Gasteiger partial charge is 0.434 e. The van der Waals surface area contributed by atoms with Crippen molar-refractivity contribution >= 4 is 18.3 Å². The lowest BCUT2D eigenvalue weighted by Crippen LogP contribution is -2.14. The summed E-state index contributed by atoms with van der Waals surface area (Å²) in [4.78, 5) is 26.4. The van der Waals surface area contributed by atoms with Crippen molar-refractivity contribution in [3.63, 3.8) is 0 Å². The molecular formula is C18H15F6N3O4. The number of alkyl halides is 6. The van der Waals surface area contributed by atoms with Gasteiger partial charge in [-0.05, 0) is 24.1 Å². The predicted molar refractivity (Wildman–Crippen MR) is 93.1 cm³/mol. The van der Waals surface area contributed by atoms with E-state index in [1.54, 1.807) is 13.8 Å². The molecule has 0 bridgehead atoms. The largest absolute Gasteiger partial charge is 0.516 e. The second kappa shape index (κ2) is 9.18. The van der Waals surface area contributed by atoms with E-state index in [-0.39, 0.29) is 18.6 Å². The molecule has 0 spiro atoms. The lowest BCUT2D eigenvalue weighted by atomic mass is 10.0. The molecule has 0 unspecified atom stereocenters. The summed E-state index contributed by atoms with van der Waals surface area (Å²) in [6.45, 7) is 3.55. The van der Waals surface area contributed by atoms with E-state index in [1.807, 2.05) is 0 Å². The van der Waals surface area contributed by atoms with Crippen LogP contribution in [0.3, 0.4) is 0 Å². The Hall–Kier alpha value is -3.38. The van der Waals surface area contributed by atoms with Gasteiger partial charge in [0.2, 0.25) is 0 Å². The lowest BCUT2D eigenvalue weighted by molar-refractivity contribution is -0.143. The summed E-state index contributed by atoms with van der Waals surface area (Å²) >= 11 is 0. The molecule has 7 nitrogen and oxygen atoms in total. The third kappa shape index (κ3) is 7.12. The van der Waals surface area contributed by atoms with E-state index in [0.29, 0.717) is 12.1 Å². The molecule has 0 atom stereocenters. The van der Waals surface area contributed by atoms with Gasteiger partial charge in [0.05, 0.1) is 17.7 Å². The first kappa shape index (κ1) is 23.9. The van der Waals surface area contributed by atoms with Crippen molar-refractivity contribution in [3.8, 4) is 11.4 Å². The molecule has 0 N–H and O–H groups in total. The number of carbonyl (C=O) groups excluding carboxylic acids is 2. The van der Waals surface area contributed by atoms with Crippen LogP contribution in [-0.2, 0) is 26.6 Å². The molecule has 0 aliphatic rings. The molecule has 31 heavy (non-hydrogen) atoms. The van der Waals surface area contributed by atoms with E-state index in [4.69, 9.17) is 0 Å². The Kier molecular flexibility index (Phi) is 7.08. The topological polar surface area (TPSA) is 83.3 Å². The Bertz CT molecular complexity index is 947. The van der Waals surface area contributed by atoms with Crippen molar-refractivity contribution in [2.45, 2.75) is 26.2 Å². The molecule has 2 aromatic rings. The maximum atomic E-state index is 13.0. The molecule has 1 aromatic carbocycles. The summed E-state index contributed by atoms with van der Waals surface area (Å²) in [6.07, 6.45) is -8.66. The fraction of sp³-hybridized carbons (Fsp3) is 0.333. The standard InChI is InChI=1S/C18H15F6N3O4/c1-10(2)8-30-16(29)31-14(28)3-4-27-9-25-15(26-27)11-5-12(17(19,20)21)7-13(6-11)18(22,23)24/h3-7,9-10H,8H2,1-2H3/b4-3-. The summed E-state index contributed by atoms with van der Waals surface area (Å²) in [5.74, 6) is -1.57. The first-order chi connectivity index (χ1) is 14.3. The zero-order valence-corrected chi connectivity index (χ0v) is 16.0. The van der Waals surface area contributed by atoms with Crippen LogP contribution in [-0.4, -0.2) is 33.5 Å². The van der Waals surface area contributed by atoms with E-state index in [0.717, 1.165) is 23.3 Å². The highest BCUT2D eigenvalue weighted by molar-refractivity contribution is 5.91. The van der Waals surface area contributed by atoms with Gasteiger partial charge < -0.3 is 9.47 Å². The minimum Gasteiger partial charge on any atom is -0.434 e. The molecule has 0 aliphatic carbocycles. The summed E-state index contributed by atoms with van der Waals surface area (Å²) < 4.78 is 87.5. The van der Waals surface area contributed by atoms with Crippen LogP contribution in [0.25, 0.3) is 17.6 Å². The molecule has 168 valence electrons. The molecule has 0 amide bonds. The van der Waals surface area contributed by atoms with Gasteiger partial charge in [0.15, 0.2) is 5.82 Å². The van der Waals surface area contributed by atoms with Crippen LogP contribution in [0, 0.1) is 5.92 Å². The Balaban J connectivity index is 2.19. The Morgan fingerprint density at radius 1 is 1.06 bits per heavy atom. The van der Waals surface area contributed by atoms with Crippen molar-refractivity contribution in [1.29, 1.82) is 0 Å². The van der Waals surface area contributed by atoms with Crippen molar-refractivity contribution in [3.05, 3.63) is 41.7 Å². The van der Waals surface area contributed by atoms with Gasteiger partial charge in [0.25, 0.3) is 0 Å². The maximum Gasteiger partial charge on any atom is 0.516 e.